The van der Waals surface area contributed by atoms with Crippen molar-refractivity contribution in [1.82, 2.24) is 24.8 Å². The number of anilines is 1. The molecule has 1 aliphatic heterocycles. The Kier molecular flexibility index (Phi) is 5.91. The van der Waals surface area contributed by atoms with Gasteiger partial charge in [0.05, 0.1) is 18.2 Å². The molecule has 10 nitrogen and oxygen atoms in total. The zero-order valence-electron chi connectivity index (χ0n) is 14.8. The molecule has 26 heavy (non-hydrogen) atoms. The number of methoxy groups -OCH3 is 2. The van der Waals surface area contributed by atoms with E-state index >= 15 is 0 Å². The Bertz CT molecular complexity index is 772. The molecule has 3 N–H and O–H groups in total. The molecule has 2 unspecified atom stereocenters. The van der Waals surface area contributed by atoms with E-state index in [0.717, 1.165) is 0 Å². The highest BCUT2D eigenvalue weighted by atomic mass is 32.2. The summed E-state index contributed by atoms with van der Waals surface area (Å²) in [6.07, 6.45) is 2.41. The Morgan fingerprint density at radius 2 is 2.15 bits per heavy atom. The second-order valence-corrected chi connectivity index (χ2v) is 7.11. The van der Waals surface area contributed by atoms with Crippen molar-refractivity contribution in [3.63, 3.8) is 0 Å². The molecule has 2 aromatic heterocycles. The molecule has 1 amide bonds. The molecule has 142 valence electrons. The van der Waals surface area contributed by atoms with Crippen LogP contribution >= 0.6 is 11.8 Å². The van der Waals surface area contributed by atoms with Crippen molar-refractivity contribution < 1.29 is 19.0 Å². The molecule has 0 aromatic carbocycles. The van der Waals surface area contributed by atoms with Gasteiger partial charge in [0, 0.05) is 21.3 Å². The Morgan fingerprint density at radius 3 is 2.85 bits per heavy atom. The fourth-order valence-electron chi connectivity index (χ4n) is 2.99. The van der Waals surface area contributed by atoms with Crippen molar-refractivity contribution in [2.45, 2.75) is 22.8 Å². The lowest BCUT2D eigenvalue weighted by Crippen LogP contribution is -2.39. The Morgan fingerprint density at radius 1 is 1.35 bits per heavy atom. The molecule has 0 saturated carbocycles. The number of thioether (sulfide) groups is 1. The van der Waals surface area contributed by atoms with Gasteiger partial charge < -0.3 is 25.3 Å². The summed E-state index contributed by atoms with van der Waals surface area (Å²) >= 11 is 1.63. The lowest BCUT2D eigenvalue weighted by molar-refractivity contribution is -0.131. The monoisotopic (exact) mass is 382 g/mol. The minimum absolute atomic E-state index is 0.0290. The van der Waals surface area contributed by atoms with Gasteiger partial charge in [-0.2, -0.15) is 0 Å². The summed E-state index contributed by atoms with van der Waals surface area (Å²) in [5.74, 6) is 0.108. The maximum absolute atomic E-state index is 11.7. The number of nitrogens with zero attached hydrogens (tertiary/aromatic N) is 4. The van der Waals surface area contributed by atoms with Crippen molar-refractivity contribution >= 4 is 34.7 Å². The van der Waals surface area contributed by atoms with Crippen LogP contribution in [0.4, 0.5) is 5.82 Å². The fourth-order valence-corrected chi connectivity index (χ4v) is 4.66. The summed E-state index contributed by atoms with van der Waals surface area (Å²) in [6, 6.07) is 0. The SMILES string of the molecule is CNC(=O)COC1C(OC)[C@@H](COC)S[C@H]1n1cnc2c(N)ncnc21. The first-order valence-electron chi connectivity index (χ1n) is 8.03. The smallest absolute Gasteiger partial charge is 0.245 e. The van der Waals surface area contributed by atoms with Crippen LogP contribution in [0.25, 0.3) is 11.2 Å². The highest BCUT2D eigenvalue weighted by molar-refractivity contribution is 8.00. The van der Waals surface area contributed by atoms with Crippen molar-refractivity contribution in [3.05, 3.63) is 12.7 Å². The van der Waals surface area contributed by atoms with Gasteiger partial charge in [0.15, 0.2) is 11.5 Å². The average molecular weight is 382 g/mol. The maximum atomic E-state index is 11.7. The number of nitrogens with two attached hydrogens (primary N) is 1. The highest BCUT2D eigenvalue weighted by Crippen LogP contribution is 2.45. The van der Waals surface area contributed by atoms with E-state index in [1.54, 1.807) is 39.4 Å². The summed E-state index contributed by atoms with van der Waals surface area (Å²) in [6.45, 7) is 0.421. The third-order valence-electron chi connectivity index (χ3n) is 4.24. The van der Waals surface area contributed by atoms with E-state index in [1.807, 2.05) is 4.57 Å². The van der Waals surface area contributed by atoms with Gasteiger partial charge in [-0.15, -0.1) is 11.8 Å². The largest absolute Gasteiger partial charge is 0.383 e. The lowest BCUT2D eigenvalue weighted by atomic mass is 10.1. The topological polar surface area (TPSA) is 126 Å². The zero-order valence-corrected chi connectivity index (χ0v) is 15.6. The van der Waals surface area contributed by atoms with Crippen LogP contribution in [0.5, 0.6) is 0 Å². The van der Waals surface area contributed by atoms with Gasteiger partial charge in [-0.25, -0.2) is 15.0 Å². The molecule has 1 aliphatic rings. The number of carbonyl (C=O) groups excluding carboxylic acids is 1. The molecule has 1 saturated heterocycles. The van der Waals surface area contributed by atoms with Gasteiger partial charge in [0.1, 0.15) is 36.0 Å². The van der Waals surface area contributed by atoms with Crippen molar-refractivity contribution in [3.8, 4) is 0 Å². The number of ether oxygens (including phenoxy) is 3. The first-order valence-corrected chi connectivity index (χ1v) is 8.97. The molecule has 0 aliphatic carbocycles. The first kappa shape index (κ1) is 18.8. The second-order valence-electron chi connectivity index (χ2n) is 5.75. The molecule has 0 spiro atoms. The molecule has 11 heteroatoms. The summed E-state index contributed by atoms with van der Waals surface area (Å²) in [7, 11) is 4.83. The maximum Gasteiger partial charge on any atom is 0.245 e. The van der Waals surface area contributed by atoms with E-state index in [2.05, 4.69) is 20.3 Å². The van der Waals surface area contributed by atoms with Gasteiger partial charge in [0.2, 0.25) is 5.91 Å². The van der Waals surface area contributed by atoms with Gasteiger partial charge in [-0.3, -0.25) is 9.36 Å². The number of nitrogen functional groups attached to an aromatic ring is 1. The zero-order chi connectivity index (χ0) is 18.7. The quantitative estimate of drug-likeness (QED) is 0.670. The number of fused-ring (bicyclic) bond motifs is 1. The highest BCUT2D eigenvalue weighted by Gasteiger charge is 2.47. The standard InChI is InChI=1S/C15H22N6O4S/c1-17-9(22)5-25-12-11(24-3)8(4-23-2)26-15(12)21-7-20-10-13(16)18-6-19-14(10)21/h6-8,11-12,15H,4-5H2,1-3H3,(H,17,22)(H2,16,18,19)/t8-,11?,12?,15-/m1/s1. The number of imidazole rings is 1. The van der Waals surface area contributed by atoms with E-state index in [-0.39, 0.29) is 29.2 Å². The molecule has 0 radical (unpaired) electrons. The van der Waals surface area contributed by atoms with Gasteiger partial charge in [-0.05, 0) is 0 Å². The predicted molar refractivity (Wildman–Crippen MR) is 96.6 cm³/mol. The van der Waals surface area contributed by atoms with Crippen molar-refractivity contribution in [1.29, 1.82) is 0 Å². The van der Waals surface area contributed by atoms with Crippen LogP contribution in [0.15, 0.2) is 12.7 Å². The number of carbonyl (C=O) groups is 1. The van der Waals surface area contributed by atoms with E-state index in [0.29, 0.717) is 23.6 Å². The predicted octanol–water partition coefficient (Wildman–Crippen LogP) is -0.185. The first-order chi connectivity index (χ1) is 12.6. The Labute approximate surface area is 154 Å². The average Bonchev–Trinajstić information content (AvgIpc) is 3.21. The molecule has 0 bridgehead atoms. The van der Waals surface area contributed by atoms with Crippen LogP contribution < -0.4 is 11.1 Å². The van der Waals surface area contributed by atoms with E-state index < -0.39 is 6.10 Å². The van der Waals surface area contributed by atoms with Gasteiger partial charge in [-0.1, -0.05) is 0 Å². The minimum Gasteiger partial charge on any atom is -0.383 e. The van der Waals surface area contributed by atoms with Crippen LogP contribution in [0.1, 0.15) is 5.37 Å². The molecule has 4 atom stereocenters. The van der Waals surface area contributed by atoms with E-state index in [9.17, 15) is 4.79 Å². The summed E-state index contributed by atoms with van der Waals surface area (Å²) < 4.78 is 18.8. The fraction of sp³-hybridized carbons (Fsp3) is 0.600. The van der Waals surface area contributed by atoms with Crippen molar-refractivity contribution in [2.75, 3.05) is 40.2 Å². The molecular formula is C15H22N6O4S. The number of aromatic nitrogens is 4. The number of nitrogens with one attached hydrogen (secondary N) is 1. The number of hydrogen-bond acceptors (Lipinski definition) is 9. The number of likely N-dealkylation sites (N-methyl/N-ethyl adjacent to an activating group) is 1. The minimum atomic E-state index is -0.393. The third kappa shape index (κ3) is 3.47. The van der Waals surface area contributed by atoms with Gasteiger partial charge in [0.25, 0.3) is 0 Å². The van der Waals surface area contributed by atoms with Crippen LogP contribution in [0.3, 0.4) is 0 Å². The molecule has 1 fully saturated rings. The van der Waals surface area contributed by atoms with E-state index in [1.165, 1.54) is 6.33 Å². The molecule has 3 heterocycles. The van der Waals surface area contributed by atoms with Gasteiger partial charge >= 0.3 is 0 Å². The van der Waals surface area contributed by atoms with Crippen LogP contribution in [-0.4, -0.2) is 77.4 Å². The number of hydrogen-bond donors (Lipinski definition) is 2. The van der Waals surface area contributed by atoms with E-state index in [4.69, 9.17) is 19.9 Å². The summed E-state index contributed by atoms with van der Waals surface area (Å²) in [5.41, 5.74) is 7.02. The van der Waals surface area contributed by atoms with Crippen LogP contribution in [-0.2, 0) is 19.0 Å². The number of amides is 1. The van der Waals surface area contributed by atoms with Crippen LogP contribution in [0, 0.1) is 0 Å². The Balaban J connectivity index is 1.95. The van der Waals surface area contributed by atoms with Crippen molar-refractivity contribution in [2.24, 2.45) is 0 Å². The van der Waals surface area contributed by atoms with Crippen LogP contribution in [0.2, 0.25) is 0 Å². The second kappa shape index (κ2) is 8.16. The number of rotatable bonds is 7. The molecule has 3 rings (SSSR count). The summed E-state index contributed by atoms with van der Waals surface area (Å²) in [5, 5.41) is 2.38. The normalized spacial score (nSPS) is 25.7. The third-order valence-corrected chi connectivity index (χ3v) is 5.76. The molecule has 2 aromatic rings. The molecular weight excluding hydrogens is 360 g/mol. The lowest BCUT2D eigenvalue weighted by Gasteiger charge is -2.25. The Hall–Kier alpha value is -1.95. The summed E-state index contributed by atoms with van der Waals surface area (Å²) in [4.78, 5) is 24.3.